The van der Waals surface area contributed by atoms with Crippen molar-refractivity contribution in [2.24, 2.45) is 4.99 Å². The van der Waals surface area contributed by atoms with E-state index in [1.54, 1.807) is 7.11 Å². The van der Waals surface area contributed by atoms with Crippen LogP contribution in [0.5, 0.6) is 5.75 Å². The number of aromatic nitrogens is 1. The maximum absolute atomic E-state index is 5.49. The second-order valence-corrected chi connectivity index (χ2v) is 7.93. The van der Waals surface area contributed by atoms with E-state index >= 15 is 0 Å². The number of piperidine rings is 1. The number of rotatable bonds is 9. The van der Waals surface area contributed by atoms with E-state index in [-0.39, 0.29) is 6.04 Å². The van der Waals surface area contributed by atoms with Crippen LogP contribution in [0.2, 0.25) is 0 Å². The van der Waals surface area contributed by atoms with Gasteiger partial charge < -0.3 is 19.9 Å². The largest absolute Gasteiger partial charge is 0.497 e. The van der Waals surface area contributed by atoms with Crippen molar-refractivity contribution < 1.29 is 9.26 Å². The Morgan fingerprint density at radius 3 is 2.48 bits per heavy atom. The molecule has 1 fully saturated rings. The molecular weight excluding hydrogens is 390 g/mol. The van der Waals surface area contributed by atoms with Gasteiger partial charge in [0.2, 0.25) is 0 Å². The van der Waals surface area contributed by atoms with Gasteiger partial charge in [-0.25, -0.2) is 0 Å². The zero-order chi connectivity index (χ0) is 22.1. The Kier molecular flexibility index (Phi) is 8.76. The van der Waals surface area contributed by atoms with Gasteiger partial charge in [0.15, 0.2) is 5.96 Å². The van der Waals surface area contributed by atoms with Gasteiger partial charge in [0.1, 0.15) is 11.5 Å². The highest BCUT2D eigenvalue weighted by Gasteiger charge is 2.23. The zero-order valence-electron chi connectivity index (χ0n) is 19.4. The summed E-state index contributed by atoms with van der Waals surface area (Å²) >= 11 is 0. The molecule has 1 aromatic carbocycles. The first-order chi connectivity index (χ1) is 15.2. The molecule has 0 aliphatic carbocycles. The van der Waals surface area contributed by atoms with Crippen molar-refractivity contribution in [2.45, 2.75) is 58.5 Å². The maximum atomic E-state index is 5.49. The summed E-state index contributed by atoms with van der Waals surface area (Å²) in [4.78, 5) is 7.02. The fourth-order valence-electron chi connectivity index (χ4n) is 4.24. The highest BCUT2D eigenvalue weighted by molar-refractivity contribution is 5.79. The van der Waals surface area contributed by atoms with Crippen molar-refractivity contribution in [3.05, 3.63) is 46.8 Å². The van der Waals surface area contributed by atoms with Crippen LogP contribution in [0.3, 0.4) is 0 Å². The molecule has 31 heavy (non-hydrogen) atoms. The molecule has 0 bridgehead atoms. The SMILES string of the molecule is CCc1noc(CC)c1CNC(=NC)NCC(c1ccc(OC)cc1)N1CCCCC1. The van der Waals surface area contributed by atoms with E-state index in [4.69, 9.17) is 9.26 Å². The number of nitrogens with one attached hydrogen (secondary N) is 2. The molecule has 1 aliphatic heterocycles. The third-order valence-corrected chi connectivity index (χ3v) is 6.06. The average Bonchev–Trinajstić information content (AvgIpc) is 3.24. The highest BCUT2D eigenvalue weighted by Crippen LogP contribution is 2.26. The van der Waals surface area contributed by atoms with Crippen LogP contribution in [-0.2, 0) is 19.4 Å². The third kappa shape index (κ3) is 6.00. The summed E-state index contributed by atoms with van der Waals surface area (Å²) < 4.78 is 10.8. The second kappa shape index (κ2) is 11.7. The molecule has 0 spiro atoms. The van der Waals surface area contributed by atoms with Crippen LogP contribution in [0.15, 0.2) is 33.8 Å². The summed E-state index contributed by atoms with van der Waals surface area (Å²) in [5.41, 5.74) is 3.46. The molecule has 2 heterocycles. The Morgan fingerprint density at radius 2 is 1.87 bits per heavy atom. The van der Waals surface area contributed by atoms with Gasteiger partial charge in [-0.05, 0) is 50.0 Å². The van der Waals surface area contributed by atoms with Crippen LogP contribution in [0.1, 0.15) is 61.7 Å². The van der Waals surface area contributed by atoms with E-state index in [1.165, 1.54) is 24.8 Å². The third-order valence-electron chi connectivity index (χ3n) is 6.06. The lowest BCUT2D eigenvalue weighted by atomic mass is 10.0. The Hall–Kier alpha value is -2.54. The normalized spacial score (nSPS) is 16.2. The molecule has 2 N–H and O–H groups in total. The predicted molar refractivity (Wildman–Crippen MR) is 125 cm³/mol. The van der Waals surface area contributed by atoms with E-state index in [2.05, 4.69) is 51.7 Å². The summed E-state index contributed by atoms with van der Waals surface area (Å²) in [7, 11) is 3.52. The molecule has 1 unspecified atom stereocenters. The summed E-state index contributed by atoms with van der Waals surface area (Å²) in [6.45, 7) is 7.90. The quantitative estimate of drug-likeness (QED) is 0.470. The van der Waals surface area contributed by atoms with Gasteiger partial charge >= 0.3 is 0 Å². The number of ether oxygens (including phenoxy) is 1. The number of guanidine groups is 1. The molecular formula is C24H37N5O2. The Labute approximate surface area is 186 Å². The monoisotopic (exact) mass is 427 g/mol. The molecule has 1 aliphatic rings. The smallest absolute Gasteiger partial charge is 0.191 e. The van der Waals surface area contributed by atoms with Crippen molar-refractivity contribution in [3.8, 4) is 5.75 Å². The Balaban J connectivity index is 1.66. The van der Waals surface area contributed by atoms with Gasteiger partial charge in [0.05, 0.1) is 18.8 Å². The molecule has 1 atom stereocenters. The predicted octanol–water partition coefficient (Wildman–Crippen LogP) is 3.70. The number of hydrogen-bond donors (Lipinski definition) is 2. The van der Waals surface area contributed by atoms with Gasteiger partial charge in [-0.2, -0.15) is 0 Å². The minimum Gasteiger partial charge on any atom is -0.497 e. The first-order valence-electron chi connectivity index (χ1n) is 11.5. The summed E-state index contributed by atoms with van der Waals surface area (Å²) in [6.07, 6.45) is 5.53. The minimum atomic E-state index is 0.290. The van der Waals surface area contributed by atoms with Gasteiger partial charge in [-0.1, -0.05) is 37.6 Å². The molecule has 1 aromatic heterocycles. The number of aliphatic imine (C=N–C) groups is 1. The van der Waals surface area contributed by atoms with Crippen molar-refractivity contribution in [2.75, 3.05) is 33.8 Å². The van der Waals surface area contributed by atoms with Crippen molar-refractivity contribution in [3.63, 3.8) is 0 Å². The summed E-state index contributed by atoms with van der Waals surface area (Å²) in [5, 5.41) is 11.2. The number of nitrogens with zero attached hydrogens (tertiary/aromatic N) is 3. The van der Waals surface area contributed by atoms with Gasteiger partial charge in [-0.15, -0.1) is 0 Å². The maximum Gasteiger partial charge on any atom is 0.191 e. The van der Waals surface area contributed by atoms with Crippen LogP contribution in [0.25, 0.3) is 0 Å². The van der Waals surface area contributed by atoms with Crippen LogP contribution >= 0.6 is 0 Å². The Morgan fingerprint density at radius 1 is 1.13 bits per heavy atom. The van der Waals surface area contributed by atoms with Crippen LogP contribution in [0.4, 0.5) is 0 Å². The Bertz CT molecular complexity index is 803. The topological polar surface area (TPSA) is 74.9 Å². The molecule has 2 aromatic rings. The number of benzene rings is 1. The van der Waals surface area contributed by atoms with E-state index in [0.717, 1.165) is 61.2 Å². The van der Waals surface area contributed by atoms with Crippen molar-refractivity contribution in [1.29, 1.82) is 0 Å². The van der Waals surface area contributed by atoms with Crippen molar-refractivity contribution in [1.82, 2.24) is 20.7 Å². The van der Waals surface area contributed by atoms with Crippen molar-refractivity contribution >= 4 is 5.96 Å². The lowest BCUT2D eigenvalue weighted by molar-refractivity contribution is 0.164. The number of methoxy groups -OCH3 is 1. The number of likely N-dealkylation sites (tertiary alicyclic amines) is 1. The second-order valence-electron chi connectivity index (χ2n) is 7.93. The van der Waals surface area contributed by atoms with E-state index in [1.807, 2.05) is 19.2 Å². The summed E-state index contributed by atoms with van der Waals surface area (Å²) in [6, 6.07) is 8.73. The number of aryl methyl sites for hydroxylation is 2. The lowest BCUT2D eigenvalue weighted by Crippen LogP contribution is -2.44. The van der Waals surface area contributed by atoms with Gasteiger partial charge in [0, 0.05) is 32.1 Å². The lowest BCUT2D eigenvalue weighted by Gasteiger charge is -2.35. The zero-order valence-corrected chi connectivity index (χ0v) is 19.4. The molecule has 3 rings (SSSR count). The first kappa shape index (κ1) is 23.1. The van der Waals surface area contributed by atoms with Gasteiger partial charge in [-0.3, -0.25) is 9.89 Å². The van der Waals surface area contributed by atoms with Crippen LogP contribution < -0.4 is 15.4 Å². The first-order valence-corrected chi connectivity index (χ1v) is 11.5. The van der Waals surface area contributed by atoms with Gasteiger partial charge in [0.25, 0.3) is 0 Å². The fraction of sp³-hybridized carbons (Fsp3) is 0.583. The minimum absolute atomic E-state index is 0.290. The molecule has 170 valence electrons. The standard InChI is InChI=1S/C24H37N5O2/c1-5-21-20(23(6-2)31-28-21)16-26-24(25-3)27-17-22(29-14-8-7-9-15-29)18-10-12-19(30-4)13-11-18/h10-13,22H,5-9,14-17H2,1-4H3,(H2,25,26,27). The molecule has 1 saturated heterocycles. The number of hydrogen-bond acceptors (Lipinski definition) is 5. The molecule has 7 heteroatoms. The van der Waals surface area contributed by atoms with Crippen LogP contribution in [0, 0.1) is 0 Å². The van der Waals surface area contributed by atoms with E-state index < -0.39 is 0 Å². The average molecular weight is 428 g/mol. The van der Waals surface area contributed by atoms with Crippen LogP contribution in [-0.4, -0.2) is 49.8 Å². The van der Waals surface area contributed by atoms with E-state index in [0.29, 0.717) is 6.54 Å². The molecule has 0 amide bonds. The highest BCUT2D eigenvalue weighted by atomic mass is 16.5. The molecule has 0 radical (unpaired) electrons. The fourth-order valence-corrected chi connectivity index (χ4v) is 4.24. The van der Waals surface area contributed by atoms with E-state index in [9.17, 15) is 0 Å². The molecule has 0 saturated carbocycles. The summed E-state index contributed by atoms with van der Waals surface area (Å²) in [5.74, 6) is 2.63. The molecule has 7 nitrogen and oxygen atoms in total.